The van der Waals surface area contributed by atoms with Gasteiger partial charge in [-0.05, 0) is 38.1 Å². The standard InChI is InChI=1S/C13H17N3O2/c17-10-11-3-7-16(8-4-11)9-13(18)15-12-1-5-14-6-2-12/h1-2,5-6,10-11H,3-4,7-9H2,(H,14,15,18). The van der Waals surface area contributed by atoms with Gasteiger partial charge in [-0.1, -0.05) is 0 Å². The van der Waals surface area contributed by atoms with E-state index in [0.717, 1.165) is 37.9 Å². The van der Waals surface area contributed by atoms with E-state index in [1.165, 1.54) is 0 Å². The molecule has 1 aliphatic heterocycles. The summed E-state index contributed by atoms with van der Waals surface area (Å²) in [5, 5.41) is 2.82. The zero-order chi connectivity index (χ0) is 12.8. The maximum absolute atomic E-state index is 11.8. The third kappa shape index (κ3) is 3.63. The van der Waals surface area contributed by atoms with Crippen LogP contribution >= 0.6 is 0 Å². The highest BCUT2D eigenvalue weighted by atomic mass is 16.2. The number of hydrogen-bond acceptors (Lipinski definition) is 4. The van der Waals surface area contributed by atoms with Gasteiger partial charge in [-0.3, -0.25) is 14.7 Å². The Balaban J connectivity index is 1.77. The number of anilines is 1. The largest absolute Gasteiger partial charge is 0.325 e. The number of carbonyl (C=O) groups is 2. The molecule has 1 N–H and O–H groups in total. The third-order valence-electron chi connectivity index (χ3n) is 3.16. The maximum Gasteiger partial charge on any atom is 0.238 e. The van der Waals surface area contributed by atoms with Crippen LogP contribution in [0.15, 0.2) is 24.5 Å². The minimum absolute atomic E-state index is 0.0225. The number of nitrogens with zero attached hydrogens (tertiary/aromatic N) is 2. The monoisotopic (exact) mass is 247 g/mol. The van der Waals surface area contributed by atoms with E-state index in [9.17, 15) is 9.59 Å². The van der Waals surface area contributed by atoms with E-state index in [2.05, 4.69) is 15.2 Å². The lowest BCUT2D eigenvalue weighted by Crippen LogP contribution is -2.39. The molecule has 0 aromatic carbocycles. The van der Waals surface area contributed by atoms with Crippen LogP contribution in [0.4, 0.5) is 5.69 Å². The molecule has 1 fully saturated rings. The number of rotatable bonds is 4. The molecule has 5 nitrogen and oxygen atoms in total. The van der Waals surface area contributed by atoms with E-state index >= 15 is 0 Å². The van der Waals surface area contributed by atoms with Crippen LogP contribution in [-0.2, 0) is 9.59 Å². The fourth-order valence-corrected chi connectivity index (χ4v) is 2.09. The molecule has 0 atom stereocenters. The molecular formula is C13H17N3O2. The zero-order valence-electron chi connectivity index (χ0n) is 10.2. The molecule has 1 saturated heterocycles. The van der Waals surface area contributed by atoms with Crippen LogP contribution < -0.4 is 5.32 Å². The van der Waals surface area contributed by atoms with E-state index in [4.69, 9.17) is 0 Å². The third-order valence-corrected chi connectivity index (χ3v) is 3.16. The summed E-state index contributed by atoms with van der Waals surface area (Å²) < 4.78 is 0. The second-order valence-corrected chi connectivity index (χ2v) is 4.53. The van der Waals surface area contributed by atoms with E-state index in [0.29, 0.717) is 6.54 Å². The van der Waals surface area contributed by atoms with Crippen molar-refractivity contribution in [3.63, 3.8) is 0 Å². The van der Waals surface area contributed by atoms with E-state index < -0.39 is 0 Å². The minimum atomic E-state index is -0.0225. The van der Waals surface area contributed by atoms with Gasteiger partial charge < -0.3 is 10.1 Å². The average Bonchev–Trinajstić information content (AvgIpc) is 2.40. The van der Waals surface area contributed by atoms with Crippen molar-refractivity contribution in [2.24, 2.45) is 5.92 Å². The van der Waals surface area contributed by atoms with E-state index in [1.807, 2.05) is 0 Å². The predicted octanol–water partition coefficient (Wildman–Crippen LogP) is 0.931. The predicted molar refractivity (Wildman–Crippen MR) is 68.1 cm³/mol. The Labute approximate surface area is 106 Å². The highest BCUT2D eigenvalue weighted by Gasteiger charge is 2.20. The first-order chi connectivity index (χ1) is 8.78. The molecule has 0 spiro atoms. The van der Waals surface area contributed by atoms with Gasteiger partial charge in [-0.2, -0.15) is 0 Å². The van der Waals surface area contributed by atoms with Crippen LogP contribution in [0, 0.1) is 5.92 Å². The van der Waals surface area contributed by atoms with Gasteiger partial charge in [0, 0.05) is 24.0 Å². The first kappa shape index (κ1) is 12.7. The molecule has 2 heterocycles. The molecule has 0 bridgehead atoms. The second kappa shape index (κ2) is 6.26. The molecule has 0 saturated carbocycles. The van der Waals surface area contributed by atoms with Gasteiger partial charge in [0.1, 0.15) is 6.29 Å². The summed E-state index contributed by atoms with van der Waals surface area (Å²) in [7, 11) is 0. The average molecular weight is 247 g/mol. The van der Waals surface area contributed by atoms with Crippen molar-refractivity contribution in [2.45, 2.75) is 12.8 Å². The Hall–Kier alpha value is -1.75. The van der Waals surface area contributed by atoms with Crippen LogP contribution in [0.2, 0.25) is 0 Å². The highest BCUT2D eigenvalue weighted by Crippen LogP contribution is 2.14. The van der Waals surface area contributed by atoms with Crippen molar-refractivity contribution in [1.82, 2.24) is 9.88 Å². The molecule has 96 valence electrons. The van der Waals surface area contributed by atoms with E-state index in [1.54, 1.807) is 24.5 Å². The Bertz CT molecular complexity index is 400. The maximum atomic E-state index is 11.8. The number of hydrogen-bond donors (Lipinski definition) is 1. The quantitative estimate of drug-likeness (QED) is 0.804. The van der Waals surface area contributed by atoms with Crippen molar-refractivity contribution in [3.8, 4) is 0 Å². The smallest absolute Gasteiger partial charge is 0.238 e. The summed E-state index contributed by atoms with van der Waals surface area (Å²) in [5.41, 5.74) is 0.762. The molecule has 5 heteroatoms. The lowest BCUT2D eigenvalue weighted by atomic mass is 9.99. The fourth-order valence-electron chi connectivity index (χ4n) is 2.09. The summed E-state index contributed by atoms with van der Waals surface area (Å²) in [6.07, 6.45) is 6.02. The number of piperidine rings is 1. The number of aromatic nitrogens is 1. The summed E-state index contributed by atoms with van der Waals surface area (Å²) in [5.74, 6) is 0.148. The molecule has 2 rings (SSSR count). The van der Waals surface area contributed by atoms with Crippen LogP contribution in [-0.4, -0.2) is 41.7 Å². The number of amides is 1. The van der Waals surface area contributed by atoms with Gasteiger partial charge in [-0.25, -0.2) is 0 Å². The van der Waals surface area contributed by atoms with Gasteiger partial charge in [0.2, 0.25) is 5.91 Å². The van der Waals surface area contributed by atoms with Gasteiger partial charge in [0.05, 0.1) is 6.54 Å². The molecule has 0 unspecified atom stereocenters. The Morgan fingerprint density at radius 3 is 2.67 bits per heavy atom. The first-order valence-corrected chi connectivity index (χ1v) is 6.15. The van der Waals surface area contributed by atoms with Gasteiger partial charge in [0.25, 0.3) is 0 Å². The topological polar surface area (TPSA) is 62.3 Å². The minimum Gasteiger partial charge on any atom is -0.325 e. The lowest BCUT2D eigenvalue weighted by Gasteiger charge is -2.28. The lowest BCUT2D eigenvalue weighted by molar-refractivity contribution is -0.117. The summed E-state index contributed by atoms with van der Waals surface area (Å²) >= 11 is 0. The molecule has 0 aliphatic carbocycles. The number of nitrogens with one attached hydrogen (secondary N) is 1. The Morgan fingerprint density at radius 1 is 1.39 bits per heavy atom. The van der Waals surface area contributed by atoms with E-state index in [-0.39, 0.29) is 11.8 Å². The first-order valence-electron chi connectivity index (χ1n) is 6.15. The number of likely N-dealkylation sites (tertiary alicyclic amines) is 1. The summed E-state index contributed by atoms with van der Waals surface area (Å²) in [6.45, 7) is 2.01. The van der Waals surface area contributed by atoms with Crippen molar-refractivity contribution >= 4 is 17.9 Å². The summed E-state index contributed by atoms with van der Waals surface area (Å²) in [6, 6.07) is 3.52. The number of pyridine rings is 1. The van der Waals surface area contributed by atoms with Crippen LogP contribution in [0.25, 0.3) is 0 Å². The van der Waals surface area contributed by atoms with Gasteiger partial charge in [0.15, 0.2) is 0 Å². The molecule has 1 amide bonds. The van der Waals surface area contributed by atoms with Crippen LogP contribution in [0.5, 0.6) is 0 Å². The SMILES string of the molecule is O=CC1CCN(CC(=O)Nc2ccncc2)CC1. The molecule has 18 heavy (non-hydrogen) atoms. The molecule has 1 aromatic heterocycles. The van der Waals surface area contributed by atoms with Crippen molar-refractivity contribution in [3.05, 3.63) is 24.5 Å². The van der Waals surface area contributed by atoms with Gasteiger partial charge in [-0.15, -0.1) is 0 Å². The van der Waals surface area contributed by atoms with Crippen molar-refractivity contribution < 1.29 is 9.59 Å². The Morgan fingerprint density at radius 2 is 2.06 bits per heavy atom. The second-order valence-electron chi connectivity index (χ2n) is 4.53. The van der Waals surface area contributed by atoms with Crippen molar-refractivity contribution in [2.75, 3.05) is 25.0 Å². The van der Waals surface area contributed by atoms with Crippen LogP contribution in [0.1, 0.15) is 12.8 Å². The molecule has 1 aromatic rings. The fraction of sp³-hybridized carbons (Fsp3) is 0.462. The number of carbonyl (C=O) groups excluding carboxylic acids is 2. The van der Waals surface area contributed by atoms with Crippen LogP contribution in [0.3, 0.4) is 0 Å². The Kier molecular flexibility index (Phi) is 4.41. The van der Waals surface area contributed by atoms with Gasteiger partial charge >= 0.3 is 0 Å². The molecule has 1 aliphatic rings. The van der Waals surface area contributed by atoms with Crippen molar-refractivity contribution in [1.29, 1.82) is 0 Å². The molecular weight excluding hydrogens is 230 g/mol. The molecule has 0 radical (unpaired) electrons. The summed E-state index contributed by atoms with van der Waals surface area (Å²) in [4.78, 5) is 28.4. The normalized spacial score (nSPS) is 17.3. The number of aldehydes is 1. The highest BCUT2D eigenvalue weighted by molar-refractivity contribution is 5.92. The zero-order valence-corrected chi connectivity index (χ0v) is 10.2.